The third-order valence-corrected chi connectivity index (χ3v) is 3.00. The Morgan fingerprint density at radius 3 is 2.78 bits per heavy atom. The van der Waals surface area contributed by atoms with E-state index in [9.17, 15) is 0 Å². The van der Waals surface area contributed by atoms with Gasteiger partial charge in [0, 0.05) is 24.6 Å². The summed E-state index contributed by atoms with van der Waals surface area (Å²) >= 11 is 0. The second kappa shape index (κ2) is 6.86. The number of methoxy groups -OCH3 is 1. The molecule has 0 spiro atoms. The van der Waals surface area contributed by atoms with Gasteiger partial charge in [-0.25, -0.2) is 0 Å². The molecule has 100 valence electrons. The van der Waals surface area contributed by atoms with Gasteiger partial charge in [-0.15, -0.1) is 0 Å². The molecule has 1 aromatic rings. The molecule has 1 rings (SSSR count). The number of nitrogens with two attached hydrogens (primary N) is 1. The molecule has 0 aliphatic rings. The van der Waals surface area contributed by atoms with E-state index < -0.39 is 0 Å². The maximum absolute atomic E-state index is 8.56. The Balaban J connectivity index is 2.66. The average Bonchev–Trinajstić information content (AvgIpc) is 2.39. The quantitative estimate of drug-likeness (QED) is 0.349. The Hall–Kier alpha value is -1.75. The molecule has 3 N–H and O–H groups in total. The Morgan fingerprint density at radius 2 is 2.17 bits per heavy atom. The van der Waals surface area contributed by atoms with Crippen LogP contribution in [-0.2, 0) is 6.54 Å². The van der Waals surface area contributed by atoms with Gasteiger partial charge in [-0.2, -0.15) is 0 Å². The van der Waals surface area contributed by atoms with Crippen LogP contribution in [0.2, 0.25) is 0 Å². The van der Waals surface area contributed by atoms with E-state index in [-0.39, 0.29) is 11.9 Å². The monoisotopic (exact) mass is 251 g/mol. The summed E-state index contributed by atoms with van der Waals surface area (Å²) in [6, 6.07) is 8.09. The van der Waals surface area contributed by atoms with Crippen LogP contribution in [0.25, 0.3) is 0 Å². The van der Waals surface area contributed by atoms with Crippen molar-refractivity contribution in [2.24, 2.45) is 10.9 Å². The molecule has 5 nitrogen and oxygen atoms in total. The second-order valence-corrected chi connectivity index (χ2v) is 4.37. The highest BCUT2D eigenvalue weighted by Crippen LogP contribution is 2.19. The molecular weight excluding hydrogens is 230 g/mol. The maximum Gasteiger partial charge on any atom is 0.140 e. The molecule has 18 heavy (non-hydrogen) atoms. The van der Waals surface area contributed by atoms with Crippen LogP contribution >= 0.6 is 0 Å². The minimum atomic E-state index is 0.186. The minimum Gasteiger partial charge on any atom is -0.496 e. The largest absolute Gasteiger partial charge is 0.496 e. The highest BCUT2D eigenvalue weighted by Gasteiger charge is 2.13. The molecule has 0 aromatic heterocycles. The van der Waals surface area contributed by atoms with Crippen LogP contribution in [-0.4, -0.2) is 36.1 Å². The molecule has 0 amide bonds. The molecule has 1 atom stereocenters. The van der Waals surface area contributed by atoms with Crippen LogP contribution in [0.3, 0.4) is 0 Å². The lowest BCUT2D eigenvalue weighted by atomic mass is 10.1. The predicted octanol–water partition coefficient (Wildman–Crippen LogP) is 1.65. The van der Waals surface area contributed by atoms with E-state index in [2.05, 4.69) is 10.1 Å². The maximum atomic E-state index is 8.56. The van der Waals surface area contributed by atoms with Crippen LogP contribution in [0.1, 0.15) is 18.9 Å². The first kappa shape index (κ1) is 14.3. The zero-order valence-electron chi connectivity index (χ0n) is 11.1. The van der Waals surface area contributed by atoms with Gasteiger partial charge in [-0.1, -0.05) is 23.4 Å². The number of ether oxygens (including phenoxy) is 1. The van der Waals surface area contributed by atoms with Crippen molar-refractivity contribution in [2.45, 2.75) is 25.9 Å². The van der Waals surface area contributed by atoms with E-state index in [0.717, 1.165) is 17.9 Å². The van der Waals surface area contributed by atoms with Crippen molar-refractivity contribution >= 4 is 5.84 Å². The summed E-state index contributed by atoms with van der Waals surface area (Å²) in [4.78, 5) is 2.13. The number of oxime groups is 1. The first-order chi connectivity index (χ1) is 8.58. The number of hydrogen-bond donors (Lipinski definition) is 2. The van der Waals surface area contributed by atoms with Crippen molar-refractivity contribution < 1.29 is 9.94 Å². The molecule has 0 heterocycles. The van der Waals surface area contributed by atoms with Gasteiger partial charge in [0.2, 0.25) is 0 Å². The predicted molar refractivity (Wildman–Crippen MR) is 71.9 cm³/mol. The lowest BCUT2D eigenvalue weighted by Gasteiger charge is -2.25. The van der Waals surface area contributed by atoms with Gasteiger partial charge in [0.05, 0.1) is 7.11 Å². The Kier molecular flexibility index (Phi) is 5.45. The molecule has 0 fully saturated rings. The summed E-state index contributed by atoms with van der Waals surface area (Å²) in [7, 11) is 3.67. The molecule has 0 bridgehead atoms. The SMILES string of the molecule is COc1ccccc1CN(C)C(C)C/C(N)=N/O. The summed E-state index contributed by atoms with van der Waals surface area (Å²) < 4.78 is 5.31. The highest BCUT2D eigenvalue weighted by molar-refractivity contribution is 5.80. The molecule has 1 aromatic carbocycles. The fourth-order valence-corrected chi connectivity index (χ4v) is 1.76. The van der Waals surface area contributed by atoms with E-state index in [4.69, 9.17) is 15.7 Å². The topological polar surface area (TPSA) is 71.1 Å². The van der Waals surface area contributed by atoms with E-state index >= 15 is 0 Å². The molecule has 0 saturated carbocycles. The van der Waals surface area contributed by atoms with E-state index in [1.807, 2.05) is 38.2 Å². The van der Waals surface area contributed by atoms with Gasteiger partial charge in [-0.3, -0.25) is 4.90 Å². The highest BCUT2D eigenvalue weighted by atomic mass is 16.5. The zero-order chi connectivity index (χ0) is 13.5. The fraction of sp³-hybridized carbons (Fsp3) is 0.462. The molecule has 5 heteroatoms. The van der Waals surface area contributed by atoms with Gasteiger partial charge in [0.25, 0.3) is 0 Å². The summed E-state index contributed by atoms with van der Waals surface area (Å²) in [5, 5.41) is 11.6. The van der Waals surface area contributed by atoms with Crippen molar-refractivity contribution in [2.75, 3.05) is 14.2 Å². The Labute approximate surface area is 108 Å². The summed E-state index contributed by atoms with van der Waals surface area (Å²) in [5.41, 5.74) is 6.63. The molecular formula is C13H21N3O2. The van der Waals surface area contributed by atoms with Gasteiger partial charge in [0.15, 0.2) is 0 Å². The van der Waals surface area contributed by atoms with Gasteiger partial charge >= 0.3 is 0 Å². The molecule has 0 aliphatic carbocycles. The lowest BCUT2D eigenvalue weighted by molar-refractivity contribution is 0.247. The Morgan fingerprint density at radius 1 is 1.50 bits per heavy atom. The lowest BCUT2D eigenvalue weighted by Crippen LogP contribution is -2.32. The van der Waals surface area contributed by atoms with Crippen molar-refractivity contribution in [1.29, 1.82) is 0 Å². The van der Waals surface area contributed by atoms with E-state index in [0.29, 0.717) is 6.42 Å². The van der Waals surface area contributed by atoms with Gasteiger partial charge in [0.1, 0.15) is 11.6 Å². The minimum absolute atomic E-state index is 0.186. The van der Waals surface area contributed by atoms with E-state index in [1.165, 1.54) is 0 Å². The number of nitrogens with zero attached hydrogens (tertiary/aromatic N) is 2. The van der Waals surface area contributed by atoms with Crippen LogP contribution in [0, 0.1) is 0 Å². The van der Waals surface area contributed by atoms with Crippen LogP contribution in [0.5, 0.6) is 5.75 Å². The smallest absolute Gasteiger partial charge is 0.140 e. The van der Waals surface area contributed by atoms with Crippen LogP contribution in [0.4, 0.5) is 0 Å². The van der Waals surface area contributed by atoms with Crippen molar-refractivity contribution in [3.05, 3.63) is 29.8 Å². The third-order valence-electron chi connectivity index (χ3n) is 3.00. The van der Waals surface area contributed by atoms with Gasteiger partial charge < -0.3 is 15.7 Å². The van der Waals surface area contributed by atoms with Crippen LogP contribution in [0.15, 0.2) is 29.4 Å². The molecule has 0 aliphatic heterocycles. The molecule has 0 radical (unpaired) electrons. The number of benzene rings is 1. The van der Waals surface area contributed by atoms with Crippen LogP contribution < -0.4 is 10.5 Å². The number of hydrogen-bond acceptors (Lipinski definition) is 4. The average molecular weight is 251 g/mol. The fourth-order valence-electron chi connectivity index (χ4n) is 1.76. The summed E-state index contributed by atoms with van der Waals surface area (Å²) in [6.45, 7) is 2.79. The number of rotatable bonds is 6. The normalized spacial score (nSPS) is 13.7. The summed E-state index contributed by atoms with van der Waals surface area (Å²) in [5.74, 6) is 1.12. The molecule has 0 saturated heterocycles. The van der Waals surface area contributed by atoms with Gasteiger partial charge in [-0.05, 0) is 20.0 Å². The molecule has 1 unspecified atom stereocenters. The van der Waals surface area contributed by atoms with Crippen molar-refractivity contribution in [1.82, 2.24) is 4.90 Å². The second-order valence-electron chi connectivity index (χ2n) is 4.37. The third kappa shape index (κ3) is 3.92. The first-order valence-electron chi connectivity index (χ1n) is 5.87. The zero-order valence-corrected chi connectivity index (χ0v) is 11.1. The Bertz CT molecular complexity index is 407. The number of para-hydroxylation sites is 1. The number of amidine groups is 1. The standard InChI is InChI=1S/C13H21N3O2/c1-10(8-13(14)15-17)16(2)9-11-6-4-5-7-12(11)18-3/h4-7,10,17H,8-9H2,1-3H3,(H2,14,15). The van der Waals surface area contributed by atoms with Crippen molar-refractivity contribution in [3.63, 3.8) is 0 Å². The van der Waals surface area contributed by atoms with E-state index in [1.54, 1.807) is 7.11 Å². The summed E-state index contributed by atoms with van der Waals surface area (Å²) in [6.07, 6.45) is 0.530. The first-order valence-corrected chi connectivity index (χ1v) is 5.87. The van der Waals surface area contributed by atoms with Crippen molar-refractivity contribution in [3.8, 4) is 5.75 Å².